The Balaban J connectivity index is 3.02. The number of anilines is 1. The van der Waals surface area contributed by atoms with Gasteiger partial charge < -0.3 is 15.2 Å². The minimum atomic E-state index is -1.10. The molecule has 0 radical (unpaired) electrons. The molecule has 0 saturated heterocycles. The number of nitro groups is 1. The first-order chi connectivity index (χ1) is 9.49. The van der Waals surface area contributed by atoms with E-state index in [1.807, 2.05) is 0 Å². The summed E-state index contributed by atoms with van der Waals surface area (Å²) in [5, 5.41) is 22.5. The van der Waals surface area contributed by atoms with Crippen LogP contribution in [0.5, 0.6) is 5.75 Å². The normalized spacial score (nSPS) is 11.2. The van der Waals surface area contributed by atoms with Crippen LogP contribution < -0.4 is 10.1 Å². The molecule has 1 atom stereocenters. The van der Waals surface area contributed by atoms with Crippen molar-refractivity contribution in [3.63, 3.8) is 0 Å². The number of rotatable bonds is 7. The van der Waals surface area contributed by atoms with Crippen LogP contribution in [0.3, 0.4) is 0 Å². The van der Waals surface area contributed by atoms with Crippen molar-refractivity contribution in [2.45, 2.75) is 19.4 Å². The largest absolute Gasteiger partial charge is 0.487 e. The molecule has 1 rings (SSSR count). The zero-order chi connectivity index (χ0) is 15.1. The molecular weight excluding hydrogens is 264 g/mol. The van der Waals surface area contributed by atoms with Gasteiger partial charge in [-0.2, -0.15) is 0 Å². The van der Waals surface area contributed by atoms with Crippen LogP contribution in [0.1, 0.15) is 13.3 Å². The Labute approximate surface area is 115 Å². The first kappa shape index (κ1) is 15.3. The standard InChI is InChI=1S/C13H14N2O5/c1-3-5-10(13(16)17)14-9-6-7-11(15(18)19)12(8-9)20-4-2/h1,6-8,10,14H,4-5H2,2H3,(H,16,17). The number of ether oxygens (including phenoxy) is 1. The molecule has 20 heavy (non-hydrogen) atoms. The molecule has 0 fully saturated rings. The number of nitrogens with one attached hydrogen (secondary N) is 1. The predicted molar refractivity (Wildman–Crippen MR) is 72.8 cm³/mol. The molecule has 0 aliphatic carbocycles. The highest BCUT2D eigenvalue weighted by molar-refractivity contribution is 5.78. The average Bonchev–Trinajstić information content (AvgIpc) is 2.38. The Hall–Kier alpha value is -2.75. The van der Waals surface area contributed by atoms with Crippen LogP contribution in [0.15, 0.2) is 18.2 Å². The Morgan fingerprint density at radius 2 is 2.35 bits per heavy atom. The van der Waals surface area contributed by atoms with Gasteiger partial charge in [-0.1, -0.05) is 0 Å². The summed E-state index contributed by atoms with van der Waals surface area (Å²) in [5.74, 6) is 1.23. The van der Waals surface area contributed by atoms with Gasteiger partial charge in [0.15, 0.2) is 5.75 Å². The molecule has 106 valence electrons. The second kappa shape index (κ2) is 6.99. The van der Waals surface area contributed by atoms with Gasteiger partial charge >= 0.3 is 11.7 Å². The van der Waals surface area contributed by atoms with Gasteiger partial charge in [0.25, 0.3) is 0 Å². The molecule has 0 bridgehead atoms. The third-order valence-electron chi connectivity index (χ3n) is 2.42. The van der Waals surface area contributed by atoms with Gasteiger partial charge in [-0.15, -0.1) is 12.3 Å². The molecular formula is C13H14N2O5. The van der Waals surface area contributed by atoms with Crippen LogP contribution in [-0.4, -0.2) is 28.6 Å². The number of carboxylic acid groups (broad SMARTS) is 1. The highest BCUT2D eigenvalue weighted by atomic mass is 16.6. The lowest BCUT2D eigenvalue weighted by atomic mass is 10.2. The summed E-state index contributed by atoms with van der Waals surface area (Å²) in [6, 6.07) is 3.08. The van der Waals surface area contributed by atoms with E-state index in [0.29, 0.717) is 5.69 Å². The number of hydrogen-bond acceptors (Lipinski definition) is 5. The third kappa shape index (κ3) is 3.88. The highest BCUT2D eigenvalue weighted by Gasteiger charge is 2.19. The van der Waals surface area contributed by atoms with Gasteiger partial charge in [0, 0.05) is 24.2 Å². The fourth-order valence-corrected chi connectivity index (χ4v) is 1.54. The fraction of sp³-hybridized carbons (Fsp3) is 0.308. The van der Waals surface area contributed by atoms with Crippen LogP contribution in [0.4, 0.5) is 11.4 Å². The smallest absolute Gasteiger partial charge is 0.327 e. The van der Waals surface area contributed by atoms with Crippen molar-refractivity contribution in [2.24, 2.45) is 0 Å². The number of carboxylic acids is 1. The zero-order valence-electron chi connectivity index (χ0n) is 10.8. The van der Waals surface area contributed by atoms with E-state index < -0.39 is 16.9 Å². The van der Waals surface area contributed by atoms with E-state index >= 15 is 0 Å². The molecule has 7 heteroatoms. The minimum Gasteiger partial charge on any atom is -0.487 e. The number of carbonyl (C=O) groups is 1. The highest BCUT2D eigenvalue weighted by Crippen LogP contribution is 2.30. The van der Waals surface area contributed by atoms with Crippen molar-refractivity contribution in [3.05, 3.63) is 28.3 Å². The van der Waals surface area contributed by atoms with Gasteiger partial charge in [0.2, 0.25) is 0 Å². The second-order valence-corrected chi connectivity index (χ2v) is 3.82. The molecule has 0 spiro atoms. The van der Waals surface area contributed by atoms with Gasteiger partial charge in [-0.25, -0.2) is 4.79 Å². The van der Waals surface area contributed by atoms with Crippen LogP contribution >= 0.6 is 0 Å². The van der Waals surface area contributed by atoms with Crippen molar-refractivity contribution < 1.29 is 19.6 Å². The lowest BCUT2D eigenvalue weighted by Gasteiger charge is -2.14. The maximum Gasteiger partial charge on any atom is 0.327 e. The Morgan fingerprint density at radius 3 is 2.85 bits per heavy atom. The van der Waals surface area contributed by atoms with E-state index in [1.54, 1.807) is 6.92 Å². The zero-order valence-corrected chi connectivity index (χ0v) is 10.8. The lowest BCUT2D eigenvalue weighted by Crippen LogP contribution is -2.28. The van der Waals surface area contributed by atoms with E-state index in [2.05, 4.69) is 11.2 Å². The Kier molecular flexibility index (Phi) is 5.35. The van der Waals surface area contributed by atoms with Crippen molar-refractivity contribution in [3.8, 4) is 18.1 Å². The van der Waals surface area contributed by atoms with E-state index in [-0.39, 0.29) is 24.5 Å². The third-order valence-corrected chi connectivity index (χ3v) is 2.42. The number of terminal acetylenes is 1. The number of benzene rings is 1. The van der Waals surface area contributed by atoms with Crippen molar-refractivity contribution in [1.82, 2.24) is 0 Å². The number of nitrogens with zero attached hydrogens (tertiary/aromatic N) is 1. The first-order valence-electron chi connectivity index (χ1n) is 5.83. The summed E-state index contributed by atoms with van der Waals surface area (Å²) >= 11 is 0. The minimum absolute atomic E-state index is 0.00368. The maximum atomic E-state index is 11.0. The molecule has 0 aliphatic heterocycles. The SMILES string of the molecule is C#CCC(Nc1ccc([N+](=O)[O-])c(OCC)c1)C(=O)O. The van der Waals surface area contributed by atoms with Crippen LogP contribution in [0.25, 0.3) is 0 Å². The second-order valence-electron chi connectivity index (χ2n) is 3.82. The van der Waals surface area contributed by atoms with Gasteiger partial charge in [-0.3, -0.25) is 10.1 Å². The molecule has 1 aromatic carbocycles. The number of hydrogen-bond donors (Lipinski definition) is 2. The lowest BCUT2D eigenvalue weighted by molar-refractivity contribution is -0.385. The summed E-state index contributed by atoms with van der Waals surface area (Å²) in [6.07, 6.45) is 5.09. The summed E-state index contributed by atoms with van der Waals surface area (Å²) in [4.78, 5) is 21.2. The van der Waals surface area contributed by atoms with Gasteiger partial charge in [0.05, 0.1) is 11.5 Å². The van der Waals surface area contributed by atoms with E-state index in [9.17, 15) is 14.9 Å². The molecule has 7 nitrogen and oxygen atoms in total. The molecule has 0 aromatic heterocycles. The van der Waals surface area contributed by atoms with E-state index in [1.165, 1.54) is 18.2 Å². The van der Waals surface area contributed by atoms with Crippen molar-refractivity contribution in [2.75, 3.05) is 11.9 Å². The molecule has 0 amide bonds. The first-order valence-corrected chi connectivity index (χ1v) is 5.83. The summed E-state index contributed by atoms with van der Waals surface area (Å²) < 4.78 is 5.17. The molecule has 0 saturated carbocycles. The molecule has 0 heterocycles. The topological polar surface area (TPSA) is 102 Å². The van der Waals surface area contributed by atoms with Crippen molar-refractivity contribution in [1.29, 1.82) is 0 Å². The summed E-state index contributed by atoms with van der Waals surface area (Å²) in [6.45, 7) is 1.96. The Bertz CT molecular complexity index is 550. The van der Waals surface area contributed by atoms with Crippen LogP contribution in [0.2, 0.25) is 0 Å². The van der Waals surface area contributed by atoms with Gasteiger partial charge in [-0.05, 0) is 13.0 Å². The number of nitro benzene ring substituents is 1. The summed E-state index contributed by atoms with van der Waals surface area (Å²) in [7, 11) is 0. The monoisotopic (exact) mass is 278 g/mol. The van der Waals surface area contributed by atoms with Crippen LogP contribution in [-0.2, 0) is 4.79 Å². The number of aliphatic carboxylic acids is 1. The van der Waals surface area contributed by atoms with E-state index in [0.717, 1.165) is 0 Å². The fourth-order valence-electron chi connectivity index (χ4n) is 1.54. The molecule has 1 aromatic rings. The van der Waals surface area contributed by atoms with E-state index in [4.69, 9.17) is 16.3 Å². The molecule has 0 aliphatic rings. The van der Waals surface area contributed by atoms with Crippen LogP contribution in [0, 0.1) is 22.5 Å². The summed E-state index contributed by atoms with van der Waals surface area (Å²) in [5.41, 5.74) is 0.211. The predicted octanol–water partition coefficient (Wildman–Crippen LogP) is 1.88. The molecule has 1 unspecified atom stereocenters. The molecule has 2 N–H and O–H groups in total. The Morgan fingerprint density at radius 1 is 1.65 bits per heavy atom. The van der Waals surface area contributed by atoms with Crippen molar-refractivity contribution >= 4 is 17.3 Å². The quantitative estimate of drug-likeness (QED) is 0.448. The van der Waals surface area contributed by atoms with Gasteiger partial charge in [0.1, 0.15) is 6.04 Å². The average molecular weight is 278 g/mol. The maximum absolute atomic E-state index is 11.0.